The third kappa shape index (κ3) is 30.9. The first-order valence-corrected chi connectivity index (χ1v) is 48.5. The standard InChI is InChI=1S/C95H136N36O13/c96-60(22-9-35-110-90(98)99)78(133)122-67(29-12-38-113-93(104)105)87(142)129-41-15-32-74(129)84(139)120-65(27-10-36-111-91(100)101)79(134)123-68(30-13-39-114-94(106)107)88(143)130-42-16-33-75(130)85(140)121-66(28-11-37-112-92(102)103)80(135)124-69(31-14-40-115-95(108)109)89(144)131-43-17-34-76(131)86(141)128-73(47-55-51-119-64-26-8-4-21-59(55)64)83(138)127-72(46-54-50-118-63-25-7-3-20-58(54)63)82(137)126-71(45-53-49-117-62-24-6-2-19-57(53)62)81(136)125-70(77(97)132)44-52-48-116-61-23-5-1-18-56(52)61/h1-8,18-21,23-26,48-51,60,65-76,116-119H,9-17,22,27-47,96H2,(H2,97,132)(H,120,139)(H,121,140)(H,122,133)(H,123,134)(H,124,135)(H,125,136)(H,126,137)(H,127,138)(H,128,141)(H4,98,99,110)(H4,100,101,111)(H4,102,103,112)(H4,104,105,113)(H4,106,107,114)(H4,108,109,115)/t60-,65-,66-,67-,68-,69-,70-,71-,72-,73-,74-,75-,76-/m0/s1. The van der Waals surface area contributed by atoms with E-state index in [9.17, 15) is 19.2 Å². The largest absolute Gasteiger partial charge is 0.370 e. The number of H-pyrrole nitrogens is 4. The fourth-order valence-corrected chi connectivity index (χ4v) is 18.5. The summed E-state index contributed by atoms with van der Waals surface area (Å²) in [7, 11) is 0. The molecule has 774 valence electrons. The number of nitrogens with zero attached hydrogens (tertiary/aromatic N) is 3. The van der Waals surface area contributed by atoms with E-state index in [1.807, 2.05) is 91.0 Å². The van der Waals surface area contributed by atoms with Crippen molar-refractivity contribution in [3.05, 3.63) is 144 Å². The second-order valence-corrected chi connectivity index (χ2v) is 36.3. The molecule has 0 unspecified atom stereocenters. The van der Waals surface area contributed by atoms with Crippen LogP contribution >= 0.6 is 0 Å². The molecule has 0 saturated carbocycles. The van der Waals surface area contributed by atoms with E-state index < -0.39 is 173 Å². The highest BCUT2D eigenvalue weighted by molar-refractivity contribution is 6.02. The highest BCUT2D eigenvalue weighted by Crippen LogP contribution is 2.29. The van der Waals surface area contributed by atoms with Crippen LogP contribution in [-0.2, 0) is 88.0 Å². The summed E-state index contributed by atoms with van der Waals surface area (Å²) in [6, 6.07) is 11.6. The minimum Gasteiger partial charge on any atom is -0.370 e. The van der Waals surface area contributed by atoms with Crippen molar-refractivity contribution in [2.45, 2.75) is 220 Å². The zero-order chi connectivity index (χ0) is 104. The Hall–Kier alpha value is -16.3. The molecule has 3 fully saturated rings. The van der Waals surface area contributed by atoms with Crippen LogP contribution in [0.15, 0.2) is 122 Å². The molecule has 49 nitrogen and oxygen atoms in total. The van der Waals surface area contributed by atoms with E-state index in [0.29, 0.717) is 56.9 Å². The number of hydrogen-bond donors (Lipinski definition) is 33. The van der Waals surface area contributed by atoms with Gasteiger partial charge in [0.25, 0.3) is 0 Å². The van der Waals surface area contributed by atoms with Gasteiger partial charge in [-0.25, -0.2) is 0 Å². The van der Waals surface area contributed by atoms with Crippen molar-refractivity contribution in [3.63, 3.8) is 0 Å². The number of aromatic amines is 4. The van der Waals surface area contributed by atoms with Crippen molar-refractivity contribution in [2.24, 2.45) is 45.9 Å². The number of guanidine groups is 6. The fraction of sp³-hybridized carbons (Fsp3) is 0.463. The van der Waals surface area contributed by atoms with Gasteiger partial charge in [-0.15, -0.1) is 0 Å². The van der Waals surface area contributed by atoms with Crippen molar-refractivity contribution in [1.29, 1.82) is 32.5 Å². The van der Waals surface area contributed by atoms with Crippen molar-refractivity contribution in [2.75, 3.05) is 58.9 Å². The lowest BCUT2D eigenvalue weighted by Crippen LogP contribution is -2.61. The number of para-hydroxylation sites is 4. The average Bonchev–Trinajstić information content (AvgIpc) is 1.68. The van der Waals surface area contributed by atoms with Crippen LogP contribution in [0.1, 0.15) is 138 Å². The van der Waals surface area contributed by atoms with E-state index in [2.05, 4.69) is 99.7 Å². The second kappa shape index (κ2) is 52.8. The van der Waals surface area contributed by atoms with Gasteiger partial charge in [0.1, 0.15) is 72.5 Å². The van der Waals surface area contributed by atoms with Crippen molar-refractivity contribution < 1.29 is 62.3 Å². The molecule has 4 aromatic carbocycles. The topological polar surface area (TPSA) is 826 Å². The van der Waals surface area contributed by atoms with E-state index in [4.69, 9.17) is 78.3 Å². The Morgan fingerprint density at radius 3 is 0.792 bits per heavy atom. The quantitative estimate of drug-likeness (QED) is 0.0100. The zero-order valence-electron chi connectivity index (χ0n) is 80.2. The Morgan fingerprint density at radius 1 is 0.292 bits per heavy atom. The molecule has 7 heterocycles. The van der Waals surface area contributed by atoms with Crippen LogP contribution < -0.4 is 126 Å². The summed E-state index contributed by atoms with van der Waals surface area (Å²) in [5.41, 5.74) is 51.4. The Balaban J connectivity index is 0.827. The molecule has 0 aliphatic carbocycles. The zero-order valence-corrected chi connectivity index (χ0v) is 80.2. The molecule has 0 spiro atoms. The number of rotatable bonds is 54. The Labute approximate surface area is 830 Å². The van der Waals surface area contributed by atoms with E-state index in [0.717, 1.165) is 21.8 Å². The van der Waals surface area contributed by atoms with Gasteiger partial charge in [-0.05, 0) is 162 Å². The summed E-state index contributed by atoms with van der Waals surface area (Å²) in [6.07, 6.45) is 7.80. The molecule has 13 amide bonds. The van der Waals surface area contributed by atoms with Gasteiger partial charge in [-0.2, -0.15) is 0 Å². The van der Waals surface area contributed by atoms with Crippen LogP contribution in [-0.4, -0.2) is 285 Å². The number of aromatic nitrogens is 4. The molecule has 144 heavy (non-hydrogen) atoms. The highest BCUT2D eigenvalue weighted by atomic mass is 16.2. The number of nitrogens with two attached hydrogens (primary N) is 8. The Kier molecular flexibility index (Phi) is 39.7. The second-order valence-electron chi connectivity index (χ2n) is 36.3. The van der Waals surface area contributed by atoms with Gasteiger partial charge in [0, 0.05) is 153 Å². The lowest BCUT2D eigenvalue weighted by molar-refractivity contribution is -0.144. The predicted molar refractivity (Wildman–Crippen MR) is 542 cm³/mol. The molecule has 3 aliphatic heterocycles. The smallest absolute Gasteiger partial charge is 0.245 e. The van der Waals surface area contributed by atoms with Crippen LogP contribution in [0.2, 0.25) is 0 Å². The summed E-state index contributed by atoms with van der Waals surface area (Å²) < 4.78 is 0. The van der Waals surface area contributed by atoms with Gasteiger partial charge < -0.3 is 160 Å². The third-order valence-electron chi connectivity index (χ3n) is 25.8. The molecule has 11 rings (SSSR count). The molecule has 49 heteroatoms. The van der Waals surface area contributed by atoms with Crippen molar-refractivity contribution >= 4 is 156 Å². The first-order valence-electron chi connectivity index (χ1n) is 48.5. The van der Waals surface area contributed by atoms with E-state index in [1.165, 1.54) is 14.7 Å². The van der Waals surface area contributed by atoms with Crippen molar-refractivity contribution in [3.8, 4) is 0 Å². The fourth-order valence-electron chi connectivity index (χ4n) is 18.5. The first-order chi connectivity index (χ1) is 69.1. The highest BCUT2D eigenvalue weighted by Gasteiger charge is 2.45. The number of primary amides is 1. The summed E-state index contributed by atoms with van der Waals surface area (Å²) in [5, 5.41) is 91.2. The van der Waals surface area contributed by atoms with Gasteiger partial charge in [0.05, 0.1) is 6.04 Å². The SMILES string of the molecule is N=C(N)NCCC[C@H](NC(=O)[C@@H]1CCCN1C(=O)[C@H](CCCNC(=N)N)NC(=O)[C@H](CCCNC(=N)N)NC(=O)[C@@H]1CCCN1C(=O)[C@H](CCCNC(=N)N)NC(=O)[C@@H](N)CCCNC(=N)N)C(=O)N[C@@H](CCCNC(=N)N)C(=O)N1CCC[C@H]1C(=O)N[C@@H](Cc1c[nH]c2ccccc12)C(=O)N[C@@H](Cc1c[nH]c2ccccc12)C(=O)N[C@@H](Cc1c[nH]c2ccccc12)C(=O)N[C@@H](Cc1c[nH]c2ccccc12)C(N)=O. The average molecular weight is 1990 g/mol. The van der Waals surface area contributed by atoms with Crippen molar-refractivity contribution in [1.82, 2.24) is 114 Å². The molecule has 3 aliphatic rings. The van der Waals surface area contributed by atoms with E-state index >= 15 is 43.2 Å². The summed E-state index contributed by atoms with van der Waals surface area (Å²) >= 11 is 0. The van der Waals surface area contributed by atoms with Gasteiger partial charge in [-0.3, -0.25) is 94.8 Å². The van der Waals surface area contributed by atoms with Gasteiger partial charge in [-0.1, -0.05) is 72.8 Å². The van der Waals surface area contributed by atoms with E-state index in [1.54, 1.807) is 30.9 Å². The number of benzene rings is 4. The summed E-state index contributed by atoms with van der Waals surface area (Å²) in [4.78, 5) is 212. The lowest BCUT2D eigenvalue weighted by atomic mass is 9.99. The minimum absolute atomic E-state index is 0.0117. The summed E-state index contributed by atoms with van der Waals surface area (Å²) in [6.45, 7) is 0.473. The Morgan fingerprint density at radius 2 is 0.514 bits per heavy atom. The monoisotopic (exact) mass is 1990 g/mol. The van der Waals surface area contributed by atoms with Crippen LogP contribution in [0.3, 0.4) is 0 Å². The number of amides is 13. The molecule has 13 atom stereocenters. The molecule has 4 aromatic heterocycles. The maximum Gasteiger partial charge on any atom is 0.245 e. The molecule has 0 radical (unpaired) electrons. The molecule has 3 saturated heterocycles. The molecule has 0 bridgehead atoms. The number of hydrogen-bond acceptors (Lipinski definition) is 20. The van der Waals surface area contributed by atoms with E-state index in [-0.39, 0.29) is 205 Å². The third-order valence-corrected chi connectivity index (χ3v) is 25.8. The molecular weight excluding hydrogens is 1850 g/mol. The van der Waals surface area contributed by atoms with Gasteiger partial charge >= 0.3 is 0 Å². The number of likely N-dealkylation sites (tertiary alicyclic amines) is 3. The maximum absolute atomic E-state index is 15.8. The number of fused-ring (bicyclic) bond motifs is 4. The predicted octanol–water partition coefficient (Wildman–Crippen LogP) is -3.39. The molecular formula is C95H136N36O13. The van der Waals surface area contributed by atoms with Crippen LogP contribution in [0.5, 0.6) is 0 Å². The maximum atomic E-state index is 15.8. The van der Waals surface area contributed by atoms with Gasteiger partial charge in [0.15, 0.2) is 35.8 Å². The minimum atomic E-state index is -1.52. The van der Waals surface area contributed by atoms with Crippen LogP contribution in [0.4, 0.5) is 0 Å². The molecule has 8 aromatic rings. The Bertz CT molecular complexity index is 5930. The number of nitrogens with one attached hydrogen (secondary N) is 25. The normalized spacial score (nSPS) is 16.5. The van der Waals surface area contributed by atoms with Gasteiger partial charge in [0.2, 0.25) is 76.8 Å². The summed E-state index contributed by atoms with van der Waals surface area (Å²) in [5.74, 6) is -12.5. The molecule has 41 N–H and O–H groups in total. The first kappa shape index (κ1) is 108. The van der Waals surface area contributed by atoms with Crippen LogP contribution in [0, 0.1) is 32.5 Å². The number of carbonyl (C=O) groups excluding carboxylic acids is 13. The van der Waals surface area contributed by atoms with Crippen LogP contribution in [0.25, 0.3) is 43.6 Å². The number of carbonyl (C=O) groups is 13. The lowest BCUT2D eigenvalue weighted by Gasteiger charge is -2.32.